The van der Waals surface area contributed by atoms with E-state index in [4.69, 9.17) is 4.74 Å². The largest absolute Gasteiger partial charge is 0.494 e. The predicted octanol–water partition coefficient (Wildman–Crippen LogP) is 3.34. The standard InChI is InChI=1S/C18H20FNO2/c19-16-10-8-15(9-11-16)12-13-20-18(21)7-4-14-22-17-5-2-1-3-6-17/h1-3,5-6,8-11H,4,7,12-14H2,(H,20,21). The minimum Gasteiger partial charge on any atom is -0.494 e. The number of nitrogens with one attached hydrogen (secondary N) is 1. The molecule has 0 saturated heterocycles. The van der Waals surface area contributed by atoms with E-state index in [1.807, 2.05) is 30.3 Å². The van der Waals surface area contributed by atoms with E-state index in [1.165, 1.54) is 12.1 Å². The van der Waals surface area contributed by atoms with Crippen LogP contribution in [-0.4, -0.2) is 19.1 Å². The number of rotatable bonds is 8. The van der Waals surface area contributed by atoms with Gasteiger partial charge in [-0.2, -0.15) is 0 Å². The molecule has 0 saturated carbocycles. The number of hydrogen-bond donors (Lipinski definition) is 1. The highest BCUT2D eigenvalue weighted by molar-refractivity contribution is 5.75. The fourth-order valence-electron chi connectivity index (χ4n) is 2.03. The Balaban J connectivity index is 1.55. The third-order valence-corrected chi connectivity index (χ3v) is 3.21. The van der Waals surface area contributed by atoms with Gasteiger partial charge in [0.05, 0.1) is 6.61 Å². The number of ether oxygens (including phenoxy) is 1. The zero-order valence-electron chi connectivity index (χ0n) is 12.4. The highest BCUT2D eigenvalue weighted by Gasteiger charge is 2.01. The number of para-hydroxylation sites is 1. The van der Waals surface area contributed by atoms with Gasteiger partial charge < -0.3 is 10.1 Å². The Morgan fingerprint density at radius 3 is 2.50 bits per heavy atom. The summed E-state index contributed by atoms with van der Waals surface area (Å²) in [5.74, 6) is 0.587. The average molecular weight is 301 g/mol. The van der Waals surface area contributed by atoms with Crippen molar-refractivity contribution in [3.63, 3.8) is 0 Å². The van der Waals surface area contributed by atoms with Gasteiger partial charge in [0.15, 0.2) is 0 Å². The summed E-state index contributed by atoms with van der Waals surface area (Å²) >= 11 is 0. The maximum atomic E-state index is 12.8. The number of amides is 1. The van der Waals surface area contributed by atoms with E-state index in [1.54, 1.807) is 12.1 Å². The summed E-state index contributed by atoms with van der Waals surface area (Å²) in [7, 11) is 0. The average Bonchev–Trinajstić information content (AvgIpc) is 2.54. The molecule has 0 radical (unpaired) electrons. The van der Waals surface area contributed by atoms with Gasteiger partial charge in [-0.15, -0.1) is 0 Å². The lowest BCUT2D eigenvalue weighted by atomic mass is 10.1. The van der Waals surface area contributed by atoms with Gasteiger partial charge in [0.1, 0.15) is 11.6 Å². The van der Waals surface area contributed by atoms with Crippen LogP contribution in [0.15, 0.2) is 54.6 Å². The molecule has 0 heterocycles. The molecule has 1 amide bonds. The molecule has 0 unspecified atom stereocenters. The van der Waals surface area contributed by atoms with Gasteiger partial charge >= 0.3 is 0 Å². The van der Waals surface area contributed by atoms with Crippen LogP contribution in [-0.2, 0) is 11.2 Å². The second kappa shape index (κ2) is 8.82. The van der Waals surface area contributed by atoms with E-state index in [-0.39, 0.29) is 11.7 Å². The van der Waals surface area contributed by atoms with E-state index in [2.05, 4.69) is 5.32 Å². The summed E-state index contributed by atoms with van der Waals surface area (Å²) in [6.07, 6.45) is 1.82. The Morgan fingerprint density at radius 2 is 1.77 bits per heavy atom. The summed E-state index contributed by atoms with van der Waals surface area (Å²) in [4.78, 5) is 11.7. The van der Waals surface area contributed by atoms with Crippen molar-refractivity contribution in [3.8, 4) is 5.75 Å². The number of hydrogen-bond acceptors (Lipinski definition) is 2. The molecule has 22 heavy (non-hydrogen) atoms. The molecule has 4 heteroatoms. The molecule has 2 aromatic carbocycles. The van der Waals surface area contributed by atoms with Crippen molar-refractivity contribution < 1.29 is 13.9 Å². The lowest BCUT2D eigenvalue weighted by Gasteiger charge is -2.07. The minimum absolute atomic E-state index is 0.0128. The Labute approximate surface area is 130 Å². The zero-order valence-corrected chi connectivity index (χ0v) is 12.4. The van der Waals surface area contributed by atoms with Crippen molar-refractivity contribution in [3.05, 3.63) is 66.0 Å². The van der Waals surface area contributed by atoms with Gasteiger partial charge in [-0.3, -0.25) is 4.79 Å². The van der Waals surface area contributed by atoms with E-state index >= 15 is 0 Å². The van der Waals surface area contributed by atoms with Crippen LogP contribution >= 0.6 is 0 Å². The number of benzene rings is 2. The SMILES string of the molecule is O=C(CCCOc1ccccc1)NCCc1ccc(F)cc1. The molecular formula is C18H20FNO2. The lowest BCUT2D eigenvalue weighted by Crippen LogP contribution is -2.25. The molecule has 0 bridgehead atoms. The zero-order chi connectivity index (χ0) is 15.6. The molecule has 0 spiro atoms. The van der Waals surface area contributed by atoms with E-state index < -0.39 is 0 Å². The van der Waals surface area contributed by atoms with Crippen molar-refractivity contribution in [1.29, 1.82) is 0 Å². The maximum absolute atomic E-state index is 12.8. The van der Waals surface area contributed by atoms with Crippen LogP contribution in [0.25, 0.3) is 0 Å². The lowest BCUT2D eigenvalue weighted by molar-refractivity contribution is -0.121. The first kappa shape index (κ1) is 16.0. The Bertz CT molecular complexity index is 569. The molecule has 0 atom stereocenters. The predicted molar refractivity (Wildman–Crippen MR) is 84.3 cm³/mol. The highest BCUT2D eigenvalue weighted by atomic mass is 19.1. The van der Waals surface area contributed by atoms with Gasteiger partial charge in [-0.1, -0.05) is 30.3 Å². The molecule has 0 aliphatic carbocycles. The van der Waals surface area contributed by atoms with E-state index in [9.17, 15) is 9.18 Å². The van der Waals surface area contributed by atoms with Crippen LogP contribution in [0.5, 0.6) is 5.75 Å². The summed E-state index contributed by atoms with van der Waals surface area (Å²) in [5, 5.41) is 2.86. The number of carbonyl (C=O) groups is 1. The topological polar surface area (TPSA) is 38.3 Å². The Hall–Kier alpha value is -2.36. The van der Waals surface area contributed by atoms with Crippen molar-refractivity contribution in [2.75, 3.05) is 13.2 Å². The third-order valence-electron chi connectivity index (χ3n) is 3.21. The molecule has 3 nitrogen and oxygen atoms in total. The number of carbonyl (C=O) groups excluding carboxylic acids is 1. The van der Waals surface area contributed by atoms with Crippen LogP contribution in [0.3, 0.4) is 0 Å². The van der Waals surface area contributed by atoms with Crippen molar-refractivity contribution in [2.24, 2.45) is 0 Å². The molecule has 116 valence electrons. The fourth-order valence-corrected chi connectivity index (χ4v) is 2.03. The summed E-state index contributed by atoms with van der Waals surface area (Å²) < 4.78 is 18.3. The Kier molecular flexibility index (Phi) is 6.42. The molecular weight excluding hydrogens is 281 g/mol. The Morgan fingerprint density at radius 1 is 1.05 bits per heavy atom. The third kappa shape index (κ3) is 5.95. The molecule has 0 fully saturated rings. The first-order valence-corrected chi connectivity index (χ1v) is 7.43. The van der Waals surface area contributed by atoms with Crippen molar-refractivity contribution in [1.82, 2.24) is 5.32 Å². The first-order valence-electron chi connectivity index (χ1n) is 7.43. The van der Waals surface area contributed by atoms with Crippen molar-refractivity contribution in [2.45, 2.75) is 19.3 Å². The normalized spacial score (nSPS) is 10.2. The summed E-state index contributed by atoms with van der Waals surface area (Å²) in [6.45, 7) is 1.08. The molecule has 0 aliphatic heterocycles. The fraction of sp³-hybridized carbons (Fsp3) is 0.278. The molecule has 0 aliphatic rings. The summed E-state index contributed by atoms with van der Waals surface area (Å²) in [5.41, 5.74) is 1.01. The molecule has 1 N–H and O–H groups in total. The quantitative estimate of drug-likeness (QED) is 0.759. The van der Waals surface area contributed by atoms with Gasteiger partial charge in [0.25, 0.3) is 0 Å². The second-order valence-corrected chi connectivity index (χ2v) is 4.99. The number of halogens is 1. The molecule has 2 aromatic rings. The first-order chi connectivity index (χ1) is 10.7. The van der Waals surface area contributed by atoms with Crippen LogP contribution in [0.1, 0.15) is 18.4 Å². The van der Waals surface area contributed by atoms with E-state index in [0.717, 1.165) is 11.3 Å². The maximum Gasteiger partial charge on any atom is 0.220 e. The van der Waals surface area contributed by atoms with Crippen LogP contribution in [0.2, 0.25) is 0 Å². The summed E-state index contributed by atoms with van der Waals surface area (Å²) in [6, 6.07) is 15.9. The highest BCUT2D eigenvalue weighted by Crippen LogP contribution is 2.08. The van der Waals surface area contributed by atoms with Gasteiger partial charge in [-0.25, -0.2) is 4.39 Å². The van der Waals surface area contributed by atoms with Crippen LogP contribution in [0.4, 0.5) is 4.39 Å². The van der Waals surface area contributed by atoms with Gasteiger partial charge in [0.2, 0.25) is 5.91 Å². The molecule has 2 rings (SSSR count). The second-order valence-electron chi connectivity index (χ2n) is 4.99. The van der Waals surface area contributed by atoms with Gasteiger partial charge in [0, 0.05) is 13.0 Å². The minimum atomic E-state index is -0.244. The smallest absolute Gasteiger partial charge is 0.220 e. The van der Waals surface area contributed by atoms with Crippen LogP contribution < -0.4 is 10.1 Å². The monoisotopic (exact) mass is 301 g/mol. The van der Waals surface area contributed by atoms with Crippen molar-refractivity contribution >= 4 is 5.91 Å². The molecule has 0 aromatic heterocycles. The van der Waals surface area contributed by atoms with E-state index in [0.29, 0.717) is 32.4 Å². The van der Waals surface area contributed by atoms with Crippen LogP contribution in [0, 0.1) is 5.82 Å². The van der Waals surface area contributed by atoms with Gasteiger partial charge in [-0.05, 0) is 42.7 Å².